The van der Waals surface area contributed by atoms with Crippen LogP contribution in [0.3, 0.4) is 0 Å². The van der Waals surface area contributed by atoms with Gasteiger partial charge in [0.25, 0.3) is 0 Å². The molecule has 0 fully saturated rings. The summed E-state index contributed by atoms with van der Waals surface area (Å²) in [6.45, 7) is 5.20. The highest BCUT2D eigenvalue weighted by atomic mass is 16.5. The van der Waals surface area contributed by atoms with Gasteiger partial charge in [0.15, 0.2) is 5.60 Å². The van der Waals surface area contributed by atoms with Crippen molar-refractivity contribution in [2.24, 2.45) is 0 Å². The average Bonchev–Trinajstić information content (AvgIpc) is 2.31. The van der Waals surface area contributed by atoms with Crippen LogP contribution in [0, 0.1) is 0 Å². The van der Waals surface area contributed by atoms with E-state index in [0.29, 0.717) is 5.57 Å². The molecule has 0 aromatic heterocycles. The van der Waals surface area contributed by atoms with Crippen LogP contribution in [0.4, 0.5) is 0 Å². The number of aliphatic hydroxyl groups is 1. The predicted octanol–water partition coefficient (Wildman–Crippen LogP) is 2.40. The third kappa shape index (κ3) is 2.94. The summed E-state index contributed by atoms with van der Waals surface area (Å²) < 4.78 is 4.88. The second-order valence-corrected chi connectivity index (χ2v) is 3.86. The first kappa shape index (κ1) is 13.5. The van der Waals surface area contributed by atoms with E-state index >= 15 is 0 Å². The van der Waals surface area contributed by atoms with Crippen LogP contribution >= 0.6 is 0 Å². The van der Waals surface area contributed by atoms with E-state index in [1.54, 1.807) is 19.9 Å². The fourth-order valence-electron chi connectivity index (χ4n) is 1.73. The third-order valence-electron chi connectivity index (χ3n) is 2.57. The summed E-state index contributed by atoms with van der Waals surface area (Å²) in [5.74, 6) is -0.628. The standard InChI is InChI=1S/C14H18O3/c1-4-12(11-9-7-6-8-10-11)14(3,16)13(15)17-5-2/h4,6-10,16H,5H2,1-3H3/b12-4+. The number of hydrogen-bond acceptors (Lipinski definition) is 3. The van der Waals surface area contributed by atoms with Gasteiger partial charge in [0.2, 0.25) is 0 Å². The molecule has 0 bridgehead atoms. The Morgan fingerprint density at radius 1 is 1.41 bits per heavy atom. The van der Waals surface area contributed by atoms with Crippen molar-refractivity contribution < 1.29 is 14.6 Å². The van der Waals surface area contributed by atoms with Crippen LogP contribution in [0.5, 0.6) is 0 Å². The van der Waals surface area contributed by atoms with E-state index in [0.717, 1.165) is 5.56 Å². The summed E-state index contributed by atoms with van der Waals surface area (Å²) in [4.78, 5) is 11.7. The SMILES string of the molecule is C/C=C(\c1ccccc1)C(C)(O)C(=O)OCC. The van der Waals surface area contributed by atoms with Crippen molar-refractivity contribution in [1.29, 1.82) is 0 Å². The minimum Gasteiger partial charge on any atom is -0.464 e. The molecule has 0 heterocycles. The highest BCUT2D eigenvalue weighted by Crippen LogP contribution is 2.28. The number of ether oxygens (including phenoxy) is 1. The lowest BCUT2D eigenvalue weighted by Gasteiger charge is -2.24. The molecule has 0 aliphatic rings. The summed E-state index contributed by atoms with van der Waals surface area (Å²) >= 11 is 0. The van der Waals surface area contributed by atoms with Gasteiger partial charge in [0.1, 0.15) is 0 Å². The fourth-order valence-corrected chi connectivity index (χ4v) is 1.73. The third-order valence-corrected chi connectivity index (χ3v) is 2.57. The molecule has 0 aliphatic heterocycles. The topological polar surface area (TPSA) is 46.5 Å². The molecule has 17 heavy (non-hydrogen) atoms. The smallest absolute Gasteiger partial charge is 0.342 e. The van der Waals surface area contributed by atoms with Crippen LogP contribution in [0.15, 0.2) is 36.4 Å². The van der Waals surface area contributed by atoms with E-state index in [1.165, 1.54) is 6.92 Å². The molecule has 0 spiro atoms. The van der Waals surface area contributed by atoms with E-state index < -0.39 is 11.6 Å². The highest BCUT2D eigenvalue weighted by molar-refractivity contribution is 5.95. The molecule has 0 aliphatic carbocycles. The van der Waals surface area contributed by atoms with Crippen LogP contribution in [0.1, 0.15) is 26.3 Å². The monoisotopic (exact) mass is 234 g/mol. The molecule has 0 saturated heterocycles. The van der Waals surface area contributed by atoms with Gasteiger partial charge in [0.05, 0.1) is 6.61 Å². The van der Waals surface area contributed by atoms with Crippen molar-refractivity contribution in [3.63, 3.8) is 0 Å². The van der Waals surface area contributed by atoms with Gasteiger partial charge < -0.3 is 9.84 Å². The zero-order valence-electron chi connectivity index (χ0n) is 10.4. The van der Waals surface area contributed by atoms with E-state index in [2.05, 4.69) is 0 Å². The number of allylic oxidation sites excluding steroid dienone is 1. The van der Waals surface area contributed by atoms with Gasteiger partial charge in [-0.25, -0.2) is 4.79 Å². The van der Waals surface area contributed by atoms with E-state index in [-0.39, 0.29) is 6.61 Å². The molecule has 1 unspecified atom stereocenters. The first-order valence-corrected chi connectivity index (χ1v) is 5.65. The average molecular weight is 234 g/mol. The minimum absolute atomic E-state index is 0.251. The largest absolute Gasteiger partial charge is 0.464 e. The number of carbonyl (C=O) groups is 1. The number of rotatable bonds is 4. The van der Waals surface area contributed by atoms with Crippen molar-refractivity contribution >= 4 is 11.5 Å². The molecule has 0 radical (unpaired) electrons. The summed E-state index contributed by atoms with van der Waals surface area (Å²) in [6, 6.07) is 9.31. The Hall–Kier alpha value is -1.61. The number of esters is 1. The molecule has 1 atom stereocenters. The van der Waals surface area contributed by atoms with Crippen molar-refractivity contribution in [2.75, 3.05) is 6.61 Å². The lowest BCUT2D eigenvalue weighted by Crippen LogP contribution is -2.38. The predicted molar refractivity (Wildman–Crippen MR) is 67.3 cm³/mol. The second kappa shape index (κ2) is 5.64. The van der Waals surface area contributed by atoms with Gasteiger partial charge in [-0.1, -0.05) is 36.4 Å². The van der Waals surface area contributed by atoms with Crippen LogP contribution in [0.25, 0.3) is 5.57 Å². The highest BCUT2D eigenvalue weighted by Gasteiger charge is 2.36. The quantitative estimate of drug-likeness (QED) is 0.814. The summed E-state index contributed by atoms with van der Waals surface area (Å²) in [5.41, 5.74) is -0.254. The molecule has 3 nitrogen and oxygen atoms in total. The summed E-state index contributed by atoms with van der Waals surface area (Å²) in [7, 11) is 0. The van der Waals surface area contributed by atoms with Gasteiger partial charge in [-0.2, -0.15) is 0 Å². The van der Waals surface area contributed by atoms with Crippen LogP contribution in [0.2, 0.25) is 0 Å². The van der Waals surface area contributed by atoms with Crippen molar-refractivity contribution in [3.8, 4) is 0 Å². The Bertz CT molecular complexity index is 405. The van der Waals surface area contributed by atoms with E-state index in [9.17, 15) is 9.90 Å². The maximum atomic E-state index is 11.7. The Morgan fingerprint density at radius 2 is 2.00 bits per heavy atom. The van der Waals surface area contributed by atoms with Crippen LogP contribution in [-0.4, -0.2) is 23.3 Å². The maximum Gasteiger partial charge on any atom is 0.342 e. The van der Waals surface area contributed by atoms with Crippen LogP contribution in [-0.2, 0) is 9.53 Å². The lowest BCUT2D eigenvalue weighted by molar-refractivity contribution is -0.157. The summed E-state index contributed by atoms with van der Waals surface area (Å²) in [6.07, 6.45) is 1.73. The van der Waals surface area contributed by atoms with Gasteiger partial charge in [0, 0.05) is 0 Å². The molecule has 1 aromatic rings. The Morgan fingerprint density at radius 3 is 2.47 bits per heavy atom. The van der Waals surface area contributed by atoms with Crippen molar-refractivity contribution in [1.82, 2.24) is 0 Å². The molecular formula is C14H18O3. The molecule has 0 amide bonds. The number of carbonyl (C=O) groups excluding carboxylic acids is 1. The molecule has 0 saturated carbocycles. The number of hydrogen-bond donors (Lipinski definition) is 1. The van der Waals surface area contributed by atoms with Gasteiger partial charge in [-0.3, -0.25) is 0 Å². The van der Waals surface area contributed by atoms with Gasteiger partial charge in [-0.05, 0) is 31.9 Å². The number of benzene rings is 1. The van der Waals surface area contributed by atoms with Gasteiger partial charge in [-0.15, -0.1) is 0 Å². The first-order chi connectivity index (χ1) is 8.04. The fraction of sp³-hybridized carbons (Fsp3) is 0.357. The van der Waals surface area contributed by atoms with Crippen molar-refractivity contribution in [2.45, 2.75) is 26.4 Å². The van der Waals surface area contributed by atoms with Gasteiger partial charge >= 0.3 is 5.97 Å². The molecular weight excluding hydrogens is 216 g/mol. The molecule has 1 aromatic carbocycles. The van der Waals surface area contributed by atoms with E-state index in [1.807, 2.05) is 30.3 Å². The van der Waals surface area contributed by atoms with Crippen LogP contribution < -0.4 is 0 Å². The Balaban J connectivity index is 3.08. The zero-order chi connectivity index (χ0) is 12.9. The minimum atomic E-state index is -1.62. The van der Waals surface area contributed by atoms with E-state index in [4.69, 9.17) is 4.74 Å². The maximum absolute atomic E-state index is 11.7. The molecule has 92 valence electrons. The molecule has 1 N–H and O–H groups in total. The zero-order valence-corrected chi connectivity index (χ0v) is 10.4. The Labute approximate surface area is 102 Å². The second-order valence-electron chi connectivity index (χ2n) is 3.86. The molecule has 1 rings (SSSR count). The Kier molecular flexibility index (Phi) is 4.46. The molecule has 3 heteroatoms. The first-order valence-electron chi connectivity index (χ1n) is 5.65. The normalized spacial score (nSPS) is 15.2. The summed E-state index contributed by atoms with van der Waals surface area (Å²) in [5, 5.41) is 10.3. The van der Waals surface area contributed by atoms with Crippen molar-refractivity contribution in [3.05, 3.63) is 42.0 Å². The lowest BCUT2D eigenvalue weighted by atomic mass is 9.89.